The van der Waals surface area contributed by atoms with E-state index in [-0.39, 0.29) is 12.5 Å². The lowest BCUT2D eigenvalue weighted by atomic mass is 10.1. The highest BCUT2D eigenvalue weighted by Gasteiger charge is 2.04. The van der Waals surface area contributed by atoms with Crippen LogP contribution in [-0.2, 0) is 4.79 Å². The summed E-state index contributed by atoms with van der Waals surface area (Å²) >= 11 is 0. The lowest BCUT2D eigenvalue weighted by Crippen LogP contribution is -2.30. The molecule has 3 heteroatoms. The summed E-state index contributed by atoms with van der Waals surface area (Å²) < 4.78 is 5.44. The summed E-state index contributed by atoms with van der Waals surface area (Å²) in [4.78, 5) is 11.4. The van der Waals surface area contributed by atoms with E-state index < -0.39 is 0 Å². The van der Waals surface area contributed by atoms with Crippen LogP contribution in [-0.4, -0.2) is 19.1 Å². The first-order valence-electron chi connectivity index (χ1n) is 5.60. The van der Waals surface area contributed by atoms with E-state index in [1.165, 1.54) is 5.56 Å². The Hall–Kier alpha value is -1.77. The predicted molar refractivity (Wildman–Crippen MR) is 69.2 cm³/mol. The lowest BCUT2D eigenvalue weighted by Gasteiger charge is -2.10. The van der Waals surface area contributed by atoms with Crippen molar-refractivity contribution in [1.29, 1.82) is 0 Å². The fraction of sp³-hybridized carbons (Fsp3) is 0.357. The standard InChI is InChI=1S/C14H19NO2/c1-10(2)8-15-14(16)9-17-13-6-5-11(3)7-12(13)4/h5-7H,1,8-9H2,2-4H3,(H,15,16). The van der Waals surface area contributed by atoms with Gasteiger partial charge in [0.25, 0.3) is 5.91 Å². The molecule has 1 rings (SSSR count). The van der Waals surface area contributed by atoms with E-state index in [0.29, 0.717) is 6.54 Å². The van der Waals surface area contributed by atoms with E-state index >= 15 is 0 Å². The predicted octanol–water partition coefficient (Wildman–Crippen LogP) is 2.37. The smallest absolute Gasteiger partial charge is 0.258 e. The van der Waals surface area contributed by atoms with Crippen molar-refractivity contribution in [2.45, 2.75) is 20.8 Å². The Labute approximate surface area is 102 Å². The van der Waals surface area contributed by atoms with Crippen molar-refractivity contribution in [3.8, 4) is 5.75 Å². The molecule has 1 amide bonds. The Morgan fingerprint density at radius 2 is 2.12 bits per heavy atom. The first-order chi connectivity index (χ1) is 7.99. The van der Waals surface area contributed by atoms with E-state index in [2.05, 4.69) is 11.9 Å². The Bertz CT molecular complexity index is 424. The number of carbonyl (C=O) groups excluding carboxylic acids is 1. The highest BCUT2D eigenvalue weighted by molar-refractivity contribution is 5.77. The second-order valence-corrected chi connectivity index (χ2v) is 4.29. The monoisotopic (exact) mass is 233 g/mol. The van der Waals surface area contributed by atoms with Crippen molar-refractivity contribution >= 4 is 5.91 Å². The average Bonchev–Trinajstić information content (AvgIpc) is 2.25. The molecule has 0 heterocycles. The van der Waals surface area contributed by atoms with E-state index in [4.69, 9.17) is 4.74 Å². The first kappa shape index (κ1) is 13.3. The molecule has 0 fully saturated rings. The van der Waals surface area contributed by atoms with Gasteiger partial charge in [-0.05, 0) is 32.4 Å². The van der Waals surface area contributed by atoms with E-state index in [1.807, 2.05) is 39.0 Å². The summed E-state index contributed by atoms with van der Waals surface area (Å²) in [6, 6.07) is 5.88. The Balaban J connectivity index is 2.44. The number of nitrogens with one attached hydrogen (secondary N) is 1. The van der Waals surface area contributed by atoms with Crippen molar-refractivity contribution in [2.24, 2.45) is 0 Å². The maximum Gasteiger partial charge on any atom is 0.258 e. The zero-order chi connectivity index (χ0) is 12.8. The molecule has 0 aliphatic rings. The van der Waals surface area contributed by atoms with Gasteiger partial charge >= 0.3 is 0 Å². The maximum atomic E-state index is 11.4. The van der Waals surface area contributed by atoms with Gasteiger partial charge in [0.1, 0.15) is 5.75 Å². The van der Waals surface area contributed by atoms with Gasteiger partial charge in [0.15, 0.2) is 6.61 Å². The van der Waals surface area contributed by atoms with E-state index in [9.17, 15) is 4.79 Å². The minimum atomic E-state index is -0.132. The summed E-state index contributed by atoms with van der Waals surface area (Å²) in [6.45, 7) is 10.1. The Morgan fingerprint density at radius 1 is 1.41 bits per heavy atom. The van der Waals surface area contributed by atoms with Gasteiger partial charge in [-0.1, -0.05) is 29.8 Å². The van der Waals surface area contributed by atoms with Crippen LogP contribution in [0.5, 0.6) is 5.75 Å². The number of carbonyl (C=O) groups is 1. The van der Waals surface area contributed by atoms with Crippen molar-refractivity contribution in [3.05, 3.63) is 41.5 Å². The molecule has 0 spiro atoms. The van der Waals surface area contributed by atoms with Gasteiger partial charge in [0.05, 0.1) is 0 Å². The molecule has 0 radical (unpaired) electrons. The number of ether oxygens (including phenoxy) is 1. The van der Waals surface area contributed by atoms with Gasteiger partial charge in [0, 0.05) is 6.54 Å². The van der Waals surface area contributed by atoms with Crippen LogP contribution in [0.15, 0.2) is 30.4 Å². The molecule has 0 atom stereocenters. The summed E-state index contributed by atoms with van der Waals surface area (Å²) in [6.07, 6.45) is 0. The fourth-order valence-corrected chi connectivity index (χ4v) is 1.41. The molecule has 0 saturated carbocycles. The van der Waals surface area contributed by atoms with Crippen molar-refractivity contribution in [3.63, 3.8) is 0 Å². The third-order valence-electron chi connectivity index (χ3n) is 2.28. The van der Waals surface area contributed by atoms with Crippen LogP contribution in [0.2, 0.25) is 0 Å². The highest BCUT2D eigenvalue weighted by Crippen LogP contribution is 2.18. The van der Waals surface area contributed by atoms with Gasteiger partial charge in [-0.2, -0.15) is 0 Å². The molecular formula is C14H19NO2. The molecule has 17 heavy (non-hydrogen) atoms. The van der Waals surface area contributed by atoms with Gasteiger partial charge in [-0.25, -0.2) is 0 Å². The quantitative estimate of drug-likeness (QED) is 0.793. The first-order valence-corrected chi connectivity index (χ1v) is 5.60. The molecule has 0 aliphatic heterocycles. The highest BCUT2D eigenvalue weighted by atomic mass is 16.5. The summed E-state index contributed by atoms with van der Waals surface area (Å²) in [7, 11) is 0. The van der Waals surface area contributed by atoms with Crippen LogP contribution in [0.1, 0.15) is 18.1 Å². The van der Waals surface area contributed by atoms with Crippen molar-refractivity contribution in [1.82, 2.24) is 5.32 Å². The van der Waals surface area contributed by atoms with Crippen LogP contribution < -0.4 is 10.1 Å². The third-order valence-corrected chi connectivity index (χ3v) is 2.28. The molecule has 0 unspecified atom stereocenters. The minimum Gasteiger partial charge on any atom is -0.484 e. The van der Waals surface area contributed by atoms with Crippen LogP contribution in [0.4, 0.5) is 0 Å². The molecule has 1 aromatic rings. The zero-order valence-electron chi connectivity index (χ0n) is 10.7. The lowest BCUT2D eigenvalue weighted by molar-refractivity contribution is -0.122. The number of benzene rings is 1. The number of amides is 1. The van der Waals surface area contributed by atoms with Crippen molar-refractivity contribution in [2.75, 3.05) is 13.2 Å². The molecule has 3 nitrogen and oxygen atoms in total. The van der Waals surface area contributed by atoms with Gasteiger partial charge < -0.3 is 10.1 Å². The van der Waals surface area contributed by atoms with Crippen LogP contribution in [0.3, 0.4) is 0 Å². The summed E-state index contributed by atoms with van der Waals surface area (Å²) in [5.41, 5.74) is 3.14. The summed E-state index contributed by atoms with van der Waals surface area (Å²) in [5, 5.41) is 2.72. The zero-order valence-corrected chi connectivity index (χ0v) is 10.7. The van der Waals surface area contributed by atoms with Gasteiger partial charge in [-0.15, -0.1) is 0 Å². The SMILES string of the molecule is C=C(C)CNC(=O)COc1ccc(C)cc1C. The number of aryl methyl sites for hydroxylation is 2. The molecule has 1 N–H and O–H groups in total. The fourth-order valence-electron chi connectivity index (χ4n) is 1.41. The average molecular weight is 233 g/mol. The minimum absolute atomic E-state index is 0.0389. The molecular weight excluding hydrogens is 214 g/mol. The number of hydrogen-bond acceptors (Lipinski definition) is 2. The largest absolute Gasteiger partial charge is 0.484 e. The van der Waals surface area contributed by atoms with Gasteiger partial charge in [0.2, 0.25) is 0 Å². The van der Waals surface area contributed by atoms with Crippen molar-refractivity contribution < 1.29 is 9.53 Å². The Kier molecular flexibility index (Phi) is 4.76. The molecule has 0 aliphatic carbocycles. The van der Waals surface area contributed by atoms with Gasteiger partial charge in [-0.3, -0.25) is 4.79 Å². The van der Waals surface area contributed by atoms with Crippen LogP contribution in [0.25, 0.3) is 0 Å². The normalized spacial score (nSPS) is 9.82. The second-order valence-electron chi connectivity index (χ2n) is 4.29. The van der Waals surface area contributed by atoms with Crippen LogP contribution in [0, 0.1) is 13.8 Å². The second kappa shape index (κ2) is 6.09. The third kappa shape index (κ3) is 4.72. The maximum absolute atomic E-state index is 11.4. The number of hydrogen-bond donors (Lipinski definition) is 1. The van der Waals surface area contributed by atoms with E-state index in [0.717, 1.165) is 16.9 Å². The molecule has 0 bridgehead atoms. The molecule has 0 saturated heterocycles. The molecule has 0 aromatic heterocycles. The molecule has 92 valence electrons. The Morgan fingerprint density at radius 3 is 2.71 bits per heavy atom. The summed E-state index contributed by atoms with van der Waals surface area (Å²) in [5.74, 6) is 0.619. The topological polar surface area (TPSA) is 38.3 Å². The van der Waals surface area contributed by atoms with Crippen LogP contribution >= 0.6 is 0 Å². The number of rotatable bonds is 5. The van der Waals surface area contributed by atoms with E-state index in [1.54, 1.807) is 0 Å². The molecule has 1 aromatic carbocycles.